The van der Waals surface area contributed by atoms with E-state index in [4.69, 9.17) is 14.2 Å². The monoisotopic (exact) mass is 327 g/mol. The molecule has 0 saturated heterocycles. The van der Waals surface area contributed by atoms with Crippen LogP contribution in [0.25, 0.3) is 0 Å². The summed E-state index contributed by atoms with van der Waals surface area (Å²) in [6.45, 7) is 2.21. The molecule has 2 aromatic rings. The van der Waals surface area contributed by atoms with Gasteiger partial charge in [-0.15, -0.1) is 0 Å². The lowest BCUT2D eigenvalue weighted by atomic mass is 10.2. The zero-order valence-corrected chi connectivity index (χ0v) is 13.2. The van der Waals surface area contributed by atoms with Crippen molar-refractivity contribution in [3.8, 4) is 11.5 Å². The Hall–Kier alpha value is -3.02. The zero-order chi connectivity index (χ0) is 16.9. The third-order valence-electron chi connectivity index (χ3n) is 3.46. The van der Waals surface area contributed by atoms with Crippen LogP contribution in [0.3, 0.4) is 0 Å². The van der Waals surface area contributed by atoms with Crippen molar-refractivity contribution in [3.05, 3.63) is 54.1 Å². The van der Waals surface area contributed by atoms with Gasteiger partial charge in [-0.2, -0.15) is 0 Å². The maximum absolute atomic E-state index is 12.3. The lowest BCUT2D eigenvalue weighted by Crippen LogP contribution is -2.40. The number of esters is 1. The SMILES string of the molecule is CCOC(=O)c1ccc(NC(=O)[C@H]2COc3ccccc3O2)cc1. The lowest BCUT2D eigenvalue weighted by molar-refractivity contribution is -0.125. The fourth-order valence-corrected chi connectivity index (χ4v) is 2.28. The van der Waals surface area contributed by atoms with Gasteiger partial charge in [0.25, 0.3) is 5.91 Å². The molecule has 1 aliphatic heterocycles. The smallest absolute Gasteiger partial charge is 0.338 e. The second kappa shape index (κ2) is 7.04. The molecule has 6 heteroatoms. The highest BCUT2D eigenvalue weighted by Gasteiger charge is 2.27. The summed E-state index contributed by atoms with van der Waals surface area (Å²) in [6, 6.07) is 13.7. The van der Waals surface area contributed by atoms with E-state index in [1.54, 1.807) is 43.3 Å². The van der Waals surface area contributed by atoms with Gasteiger partial charge in [-0.05, 0) is 43.3 Å². The fourth-order valence-electron chi connectivity index (χ4n) is 2.28. The molecule has 0 unspecified atom stereocenters. The number of para-hydroxylation sites is 2. The molecule has 0 saturated carbocycles. The quantitative estimate of drug-likeness (QED) is 0.874. The van der Waals surface area contributed by atoms with Gasteiger partial charge in [0.2, 0.25) is 6.10 Å². The first-order valence-electron chi connectivity index (χ1n) is 7.64. The summed E-state index contributed by atoms with van der Waals surface area (Å²) in [4.78, 5) is 23.9. The normalized spacial score (nSPS) is 15.5. The number of anilines is 1. The van der Waals surface area contributed by atoms with Gasteiger partial charge in [0.05, 0.1) is 12.2 Å². The Morgan fingerprint density at radius 1 is 1.12 bits per heavy atom. The van der Waals surface area contributed by atoms with E-state index in [0.717, 1.165) is 0 Å². The Balaban J connectivity index is 1.62. The van der Waals surface area contributed by atoms with Gasteiger partial charge in [-0.3, -0.25) is 4.79 Å². The second-order valence-electron chi connectivity index (χ2n) is 5.15. The number of hydrogen-bond donors (Lipinski definition) is 1. The van der Waals surface area contributed by atoms with Crippen LogP contribution in [0, 0.1) is 0 Å². The number of fused-ring (bicyclic) bond motifs is 1. The maximum atomic E-state index is 12.3. The van der Waals surface area contributed by atoms with Crippen molar-refractivity contribution in [1.29, 1.82) is 0 Å². The first kappa shape index (κ1) is 15.9. The summed E-state index contributed by atoms with van der Waals surface area (Å²) in [5.41, 5.74) is 0.997. The molecule has 3 rings (SSSR count). The molecule has 1 heterocycles. The molecule has 0 aliphatic carbocycles. The van der Waals surface area contributed by atoms with Crippen LogP contribution in [-0.4, -0.2) is 31.2 Å². The van der Waals surface area contributed by atoms with E-state index < -0.39 is 12.1 Å². The first-order valence-corrected chi connectivity index (χ1v) is 7.64. The third-order valence-corrected chi connectivity index (χ3v) is 3.46. The Kier molecular flexibility index (Phi) is 4.65. The number of amides is 1. The van der Waals surface area contributed by atoms with Crippen LogP contribution < -0.4 is 14.8 Å². The molecule has 1 atom stereocenters. The van der Waals surface area contributed by atoms with Gasteiger partial charge in [0, 0.05) is 5.69 Å². The first-order chi connectivity index (χ1) is 11.7. The number of ether oxygens (including phenoxy) is 3. The average Bonchev–Trinajstić information content (AvgIpc) is 2.62. The highest BCUT2D eigenvalue weighted by molar-refractivity contribution is 5.95. The molecule has 6 nitrogen and oxygen atoms in total. The van der Waals surface area contributed by atoms with E-state index in [9.17, 15) is 9.59 Å². The summed E-state index contributed by atoms with van der Waals surface area (Å²) in [6.07, 6.45) is -0.732. The molecule has 24 heavy (non-hydrogen) atoms. The van der Waals surface area contributed by atoms with Crippen molar-refractivity contribution in [3.63, 3.8) is 0 Å². The summed E-state index contributed by atoms with van der Waals surface area (Å²) in [5, 5.41) is 2.74. The number of carbonyl (C=O) groups is 2. The molecule has 0 bridgehead atoms. The molecule has 124 valence electrons. The van der Waals surface area contributed by atoms with Crippen molar-refractivity contribution >= 4 is 17.6 Å². The van der Waals surface area contributed by atoms with Gasteiger partial charge in [0.1, 0.15) is 6.61 Å². The molecule has 1 N–H and O–H groups in total. The Morgan fingerprint density at radius 3 is 2.54 bits per heavy atom. The highest BCUT2D eigenvalue weighted by atomic mass is 16.6. The molecule has 1 aliphatic rings. The minimum atomic E-state index is -0.732. The predicted octanol–water partition coefficient (Wildman–Crippen LogP) is 2.64. The van der Waals surface area contributed by atoms with Gasteiger partial charge in [-0.25, -0.2) is 4.79 Å². The fraction of sp³-hybridized carbons (Fsp3) is 0.222. The van der Waals surface area contributed by atoms with E-state index in [0.29, 0.717) is 29.4 Å². The minimum Gasteiger partial charge on any atom is -0.485 e. The minimum absolute atomic E-state index is 0.143. The van der Waals surface area contributed by atoms with E-state index >= 15 is 0 Å². The van der Waals surface area contributed by atoms with Gasteiger partial charge in [0.15, 0.2) is 11.5 Å². The summed E-state index contributed by atoms with van der Waals surface area (Å²) in [7, 11) is 0. The Morgan fingerprint density at radius 2 is 1.83 bits per heavy atom. The molecule has 0 spiro atoms. The van der Waals surface area contributed by atoms with Crippen molar-refractivity contribution < 1.29 is 23.8 Å². The number of benzene rings is 2. The maximum Gasteiger partial charge on any atom is 0.338 e. The summed E-state index contributed by atoms with van der Waals surface area (Å²) in [5.74, 6) is 0.464. The number of carbonyl (C=O) groups excluding carboxylic acids is 2. The standard InChI is InChI=1S/C18H17NO5/c1-2-22-18(21)12-7-9-13(10-8-12)19-17(20)16-11-23-14-5-3-4-6-15(14)24-16/h3-10,16H,2,11H2,1H3,(H,19,20)/t16-/m1/s1. The predicted molar refractivity (Wildman–Crippen MR) is 87.4 cm³/mol. The van der Waals surface area contributed by atoms with Gasteiger partial charge < -0.3 is 19.5 Å². The molecule has 0 aromatic heterocycles. The average molecular weight is 327 g/mol. The van der Waals surface area contributed by atoms with E-state index in [2.05, 4.69) is 5.32 Å². The molecule has 2 aromatic carbocycles. The molecular weight excluding hydrogens is 310 g/mol. The topological polar surface area (TPSA) is 73.9 Å². The Labute approximate surface area is 139 Å². The van der Waals surface area contributed by atoms with E-state index in [-0.39, 0.29) is 12.5 Å². The van der Waals surface area contributed by atoms with Crippen LogP contribution in [0.1, 0.15) is 17.3 Å². The lowest BCUT2D eigenvalue weighted by Gasteiger charge is -2.25. The zero-order valence-electron chi connectivity index (χ0n) is 13.2. The van der Waals surface area contributed by atoms with Crippen LogP contribution >= 0.6 is 0 Å². The van der Waals surface area contributed by atoms with E-state index in [1.165, 1.54) is 0 Å². The largest absolute Gasteiger partial charge is 0.485 e. The van der Waals surface area contributed by atoms with Crippen molar-refractivity contribution in [2.24, 2.45) is 0 Å². The molecular formula is C18H17NO5. The van der Waals surface area contributed by atoms with Crippen molar-refractivity contribution in [2.45, 2.75) is 13.0 Å². The number of hydrogen-bond acceptors (Lipinski definition) is 5. The van der Waals surface area contributed by atoms with Crippen molar-refractivity contribution in [1.82, 2.24) is 0 Å². The van der Waals surface area contributed by atoms with Crippen LogP contribution in [0.15, 0.2) is 48.5 Å². The van der Waals surface area contributed by atoms with Crippen molar-refractivity contribution in [2.75, 3.05) is 18.5 Å². The number of rotatable bonds is 4. The van der Waals surface area contributed by atoms with E-state index in [1.807, 2.05) is 12.1 Å². The van der Waals surface area contributed by atoms with Crippen LogP contribution in [0.5, 0.6) is 11.5 Å². The Bertz CT molecular complexity index is 741. The van der Waals surface area contributed by atoms with Crippen LogP contribution in [-0.2, 0) is 9.53 Å². The van der Waals surface area contributed by atoms with Crippen LogP contribution in [0.4, 0.5) is 5.69 Å². The molecule has 1 amide bonds. The summed E-state index contributed by atoms with van der Waals surface area (Å²) < 4.78 is 16.1. The van der Waals surface area contributed by atoms with Crippen LogP contribution in [0.2, 0.25) is 0 Å². The number of nitrogens with one attached hydrogen (secondary N) is 1. The molecule has 0 fully saturated rings. The summed E-state index contributed by atoms with van der Waals surface area (Å²) >= 11 is 0. The highest BCUT2D eigenvalue weighted by Crippen LogP contribution is 2.31. The van der Waals surface area contributed by atoms with Gasteiger partial charge >= 0.3 is 5.97 Å². The van der Waals surface area contributed by atoms with Gasteiger partial charge in [-0.1, -0.05) is 12.1 Å². The second-order valence-corrected chi connectivity index (χ2v) is 5.15. The molecule has 0 radical (unpaired) electrons. The third kappa shape index (κ3) is 3.48.